The van der Waals surface area contributed by atoms with Crippen LogP contribution in [0.4, 0.5) is 10.1 Å². The summed E-state index contributed by atoms with van der Waals surface area (Å²) in [5.74, 6) is -0.739. The monoisotopic (exact) mass is 383 g/mol. The van der Waals surface area contributed by atoms with Gasteiger partial charge in [-0.3, -0.25) is 14.6 Å². The number of aromatic nitrogens is 1. The molecule has 2 aromatic rings. The predicted octanol–water partition coefficient (Wildman–Crippen LogP) is 2.57. The molecule has 4 rings (SSSR count). The van der Waals surface area contributed by atoms with E-state index in [1.54, 1.807) is 34.2 Å². The lowest BCUT2D eigenvalue weighted by atomic mass is 9.90. The van der Waals surface area contributed by atoms with Gasteiger partial charge >= 0.3 is 0 Å². The van der Waals surface area contributed by atoms with Gasteiger partial charge in [0.05, 0.1) is 13.1 Å². The lowest BCUT2D eigenvalue weighted by Gasteiger charge is -2.47. The maximum absolute atomic E-state index is 13.6. The molecule has 1 aromatic heterocycles. The third-order valence-corrected chi connectivity index (χ3v) is 5.33. The van der Waals surface area contributed by atoms with Gasteiger partial charge in [0, 0.05) is 18.4 Å². The van der Waals surface area contributed by atoms with E-state index in [1.807, 2.05) is 13.0 Å². The largest absolute Gasteiger partial charge is 0.361 e. The molecule has 0 saturated carbocycles. The van der Waals surface area contributed by atoms with E-state index in [1.165, 1.54) is 12.1 Å². The Morgan fingerprint density at radius 3 is 2.89 bits per heavy atom. The van der Waals surface area contributed by atoms with Crippen LogP contribution in [0.2, 0.25) is 0 Å². The van der Waals surface area contributed by atoms with Crippen molar-refractivity contribution in [3.8, 4) is 0 Å². The van der Waals surface area contributed by atoms with Crippen LogP contribution in [-0.2, 0) is 9.53 Å². The van der Waals surface area contributed by atoms with Crippen molar-refractivity contribution in [3.05, 3.63) is 59.7 Å². The zero-order chi connectivity index (χ0) is 19.7. The average Bonchev–Trinajstić information content (AvgIpc) is 2.70. The molecular weight excluding hydrogens is 361 g/mol. The van der Waals surface area contributed by atoms with Crippen LogP contribution in [0.5, 0.6) is 0 Å². The number of aryl methyl sites for hydroxylation is 1. The smallest absolute Gasteiger partial charge is 0.272 e. The highest BCUT2D eigenvalue weighted by Crippen LogP contribution is 2.32. The van der Waals surface area contributed by atoms with Crippen LogP contribution < -0.4 is 4.90 Å². The Morgan fingerprint density at radius 1 is 1.25 bits per heavy atom. The van der Waals surface area contributed by atoms with Crippen molar-refractivity contribution in [2.45, 2.75) is 25.4 Å². The lowest BCUT2D eigenvalue weighted by Crippen LogP contribution is -2.62. The van der Waals surface area contributed by atoms with E-state index in [0.717, 1.165) is 18.4 Å². The molecule has 0 bridgehead atoms. The molecule has 2 amide bonds. The summed E-state index contributed by atoms with van der Waals surface area (Å²) in [7, 11) is 0. The van der Waals surface area contributed by atoms with E-state index < -0.39 is 11.4 Å². The van der Waals surface area contributed by atoms with Gasteiger partial charge in [0.1, 0.15) is 23.7 Å². The Labute approximate surface area is 162 Å². The molecule has 146 valence electrons. The highest BCUT2D eigenvalue weighted by Gasteiger charge is 2.44. The predicted molar refractivity (Wildman–Crippen MR) is 102 cm³/mol. The summed E-state index contributed by atoms with van der Waals surface area (Å²) in [4.78, 5) is 32.8. The Kier molecular flexibility index (Phi) is 4.85. The molecule has 0 N–H and O–H groups in total. The highest BCUT2D eigenvalue weighted by atomic mass is 19.1. The molecule has 2 saturated heterocycles. The van der Waals surface area contributed by atoms with Gasteiger partial charge in [-0.2, -0.15) is 0 Å². The zero-order valence-corrected chi connectivity index (χ0v) is 15.7. The lowest BCUT2D eigenvalue weighted by molar-refractivity contribution is -0.144. The number of piperidine rings is 1. The molecule has 1 unspecified atom stereocenters. The molecule has 2 aliphatic rings. The van der Waals surface area contributed by atoms with Crippen LogP contribution in [0, 0.1) is 12.7 Å². The van der Waals surface area contributed by atoms with Crippen LogP contribution in [-0.4, -0.2) is 53.5 Å². The molecular formula is C21H22FN3O3. The first-order valence-corrected chi connectivity index (χ1v) is 9.38. The Morgan fingerprint density at radius 2 is 2.11 bits per heavy atom. The van der Waals surface area contributed by atoms with Crippen LogP contribution in [0.3, 0.4) is 0 Å². The summed E-state index contributed by atoms with van der Waals surface area (Å²) in [6, 6.07) is 9.61. The van der Waals surface area contributed by atoms with Crippen molar-refractivity contribution in [1.82, 2.24) is 9.88 Å². The van der Waals surface area contributed by atoms with Crippen molar-refractivity contribution in [2.75, 3.05) is 31.1 Å². The number of hydrogen-bond donors (Lipinski definition) is 0. The van der Waals surface area contributed by atoms with Crippen LogP contribution in [0.1, 0.15) is 28.9 Å². The number of ether oxygens (including phenoxy) is 1. The Bertz CT molecular complexity index is 919. The van der Waals surface area contributed by atoms with E-state index in [0.29, 0.717) is 31.0 Å². The second kappa shape index (κ2) is 7.31. The van der Waals surface area contributed by atoms with E-state index in [-0.39, 0.29) is 18.4 Å². The standard InChI is InChI=1S/C21H22FN3O3/c1-15-6-8-23-18(10-15)20(27)24-9-3-7-21(13-24)14-25(19(26)12-28-21)17-5-2-4-16(22)11-17/h2,4-6,8,10-11H,3,7,9,12-14H2,1H3. The number of carbonyl (C=O) groups excluding carboxylic acids is 2. The molecule has 2 fully saturated rings. The maximum Gasteiger partial charge on any atom is 0.272 e. The zero-order valence-electron chi connectivity index (χ0n) is 15.7. The van der Waals surface area contributed by atoms with Crippen molar-refractivity contribution >= 4 is 17.5 Å². The summed E-state index contributed by atoms with van der Waals surface area (Å²) in [6.07, 6.45) is 3.13. The van der Waals surface area contributed by atoms with E-state index in [9.17, 15) is 14.0 Å². The van der Waals surface area contributed by atoms with E-state index in [4.69, 9.17) is 4.74 Å². The van der Waals surface area contributed by atoms with Gasteiger partial charge < -0.3 is 14.5 Å². The van der Waals surface area contributed by atoms with Gasteiger partial charge in [-0.15, -0.1) is 0 Å². The normalized spacial score (nSPS) is 22.6. The van der Waals surface area contributed by atoms with Gasteiger partial charge in [0.2, 0.25) is 0 Å². The minimum absolute atomic E-state index is 0.0821. The molecule has 6 nitrogen and oxygen atoms in total. The fraction of sp³-hybridized carbons (Fsp3) is 0.381. The van der Waals surface area contributed by atoms with Crippen LogP contribution in [0.25, 0.3) is 0 Å². The first kappa shape index (κ1) is 18.6. The molecule has 7 heteroatoms. The number of amides is 2. The molecule has 1 spiro atoms. The van der Waals surface area contributed by atoms with Crippen molar-refractivity contribution in [3.63, 3.8) is 0 Å². The Balaban J connectivity index is 1.55. The number of benzene rings is 1. The van der Waals surface area contributed by atoms with E-state index in [2.05, 4.69) is 4.98 Å². The number of likely N-dealkylation sites (tertiary alicyclic amines) is 1. The molecule has 1 atom stereocenters. The summed E-state index contributed by atoms with van der Waals surface area (Å²) in [5, 5.41) is 0. The molecule has 28 heavy (non-hydrogen) atoms. The molecule has 1 aromatic carbocycles. The maximum atomic E-state index is 13.6. The van der Waals surface area contributed by atoms with Gasteiger partial charge in [-0.05, 0) is 55.7 Å². The van der Waals surface area contributed by atoms with Gasteiger partial charge in [0.25, 0.3) is 11.8 Å². The SMILES string of the molecule is Cc1ccnc(C(=O)N2CCCC3(C2)CN(c2cccc(F)c2)C(=O)CO3)c1. The summed E-state index contributed by atoms with van der Waals surface area (Å²) in [6.45, 7) is 3.12. The first-order valence-electron chi connectivity index (χ1n) is 9.38. The molecule has 2 aliphatic heterocycles. The third-order valence-electron chi connectivity index (χ3n) is 5.33. The second-order valence-electron chi connectivity index (χ2n) is 7.48. The fourth-order valence-corrected chi connectivity index (χ4v) is 3.93. The molecule has 0 radical (unpaired) electrons. The number of anilines is 1. The van der Waals surface area contributed by atoms with Crippen molar-refractivity contribution in [2.24, 2.45) is 0 Å². The number of pyridine rings is 1. The highest BCUT2D eigenvalue weighted by molar-refractivity contribution is 5.95. The van der Waals surface area contributed by atoms with Crippen molar-refractivity contribution in [1.29, 1.82) is 0 Å². The number of halogens is 1. The fourth-order valence-electron chi connectivity index (χ4n) is 3.93. The van der Waals surface area contributed by atoms with E-state index >= 15 is 0 Å². The van der Waals surface area contributed by atoms with Crippen LogP contribution >= 0.6 is 0 Å². The number of nitrogens with zero attached hydrogens (tertiary/aromatic N) is 3. The topological polar surface area (TPSA) is 62.7 Å². The van der Waals surface area contributed by atoms with Crippen LogP contribution in [0.15, 0.2) is 42.6 Å². The third kappa shape index (κ3) is 3.62. The number of carbonyl (C=O) groups is 2. The van der Waals surface area contributed by atoms with Gasteiger partial charge in [-0.1, -0.05) is 6.07 Å². The number of morpholine rings is 1. The van der Waals surface area contributed by atoms with Gasteiger partial charge in [-0.25, -0.2) is 4.39 Å². The first-order chi connectivity index (χ1) is 13.5. The quantitative estimate of drug-likeness (QED) is 0.800. The second-order valence-corrected chi connectivity index (χ2v) is 7.48. The molecule has 3 heterocycles. The summed E-state index contributed by atoms with van der Waals surface area (Å²) in [5.41, 5.74) is 1.24. The summed E-state index contributed by atoms with van der Waals surface area (Å²) < 4.78 is 19.6. The summed E-state index contributed by atoms with van der Waals surface area (Å²) >= 11 is 0. The minimum atomic E-state index is -0.655. The van der Waals surface area contributed by atoms with Crippen molar-refractivity contribution < 1.29 is 18.7 Å². The Hall–Kier alpha value is -2.80. The molecule has 0 aliphatic carbocycles. The number of hydrogen-bond acceptors (Lipinski definition) is 4. The average molecular weight is 383 g/mol. The minimum Gasteiger partial charge on any atom is -0.361 e. The van der Waals surface area contributed by atoms with Gasteiger partial charge in [0.15, 0.2) is 0 Å². The number of rotatable bonds is 2.